The number of aromatic nitrogens is 1. The molecule has 0 bridgehead atoms. The highest BCUT2D eigenvalue weighted by Crippen LogP contribution is 2.31. The molecule has 112 valence electrons. The van der Waals surface area contributed by atoms with Gasteiger partial charge in [-0.2, -0.15) is 0 Å². The third-order valence-electron chi connectivity index (χ3n) is 2.30. The molecule has 1 aromatic carbocycles. The Bertz CT molecular complexity index is 665. The van der Waals surface area contributed by atoms with Crippen LogP contribution in [0.15, 0.2) is 23.6 Å². The lowest BCUT2D eigenvalue weighted by atomic mass is 10.2. The maximum absolute atomic E-state index is 11.7. The van der Waals surface area contributed by atoms with Gasteiger partial charge in [0, 0.05) is 10.9 Å². The van der Waals surface area contributed by atoms with E-state index < -0.39 is 11.7 Å². The molecule has 1 aromatic heterocycles. The molecule has 0 saturated carbocycles. The molecule has 0 aliphatic rings. The number of benzene rings is 1. The van der Waals surface area contributed by atoms with Crippen molar-refractivity contribution in [2.24, 2.45) is 0 Å². The van der Waals surface area contributed by atoms with Crippen molar-refractivity contribution >= 4 is 46.4 Å². The van der Waals surface area contributed by atoms with E-state index in [1.54, 1.807) is 38.3 Å². The van der Waals surface area contributed by atoms with Crippen LogP contribution in [0.5, 0.6) is 0 Å². The first-order chi connectivity index (χ1) is 9.74. The summed E-state index contributed by atoms with van der Waals surface area (Å²) in [6.45, 7) is 5.40. The fourth-order valence-corrected chi connectivity index (χ4v) is 2.55. The number of halogens is 2. The summed E-state index contributed by atoms with van der Waals surface area (Å²) in [5.41, 5.74) is 0.291. The van der Waals surface area contributed by atoms with Crippen LogP contribution in [0.2, 0.25) is 10.0 Å². The third-order valence-corrected chi connectivity index (χ3v) is 3.93. The van der Waals surface area contributed by atoms with E-state index in [4.69, 9.17) is 27.9 Å². The topological polar surface area (TPSA) is 51.2 Å². The molecule has 0 saturated heterocycles. The van der Waals surface area contributed by atoms with Gasteiger partial charge in [0.25, 0.3) is 0 Å². The molecule has 21 heavy (non-hydrogen) atoms. The molecule has 1 N–H and O–H groups in total. The summed E-state index contributed by atoms with van der Waals surface area (Å²) in [7, 11) is 0. The SMILES string of the molecule is CC(C)(C)OC(=O)Nc1csc(-c2ccc(Cl)c(Cl)c2)n1. The minimum atomic E-state index is -0.549. The van der Waals surface area contributed by atoms with Crippen LogP contribution in [0.1, 0.15) is 20.8 Å². The Balaban J connectivity index is 2.11. The quantitative estimate of drug-likeness (QED) is 0.786. The Morgan fingerprint density at radius 3 is 2.62 bits per heavy atom. The van der Waals surface area contributed by atoms with Gasteiger partial charge in [-0.15, -0.1) is 11.3 Å². The van der Waals surface area contributed by atoms with E-state index in [-0.39, 0.29) is 0 Å². The van der Waals surface area contributed by atoms with Crippen molar-refractivity contribution in [3.63, 3.8) is 0 Å². The zero-order chi connectivity index (χ0) is 15.6. The molecular weight excluding hydrogens is 331 g/mol. The molecule has 0 radical (unpaired) electrons. The summed E-state index contributed by atoms with van der Waals surface area (Å²) in [5.74, 6) is 0.440. The average Bonchev–Trinajstić information content (AvgIpc) is 2.78. The zero-order valence-electron chi connectivity index (χ0n) is 11.7. The molecule has 0 spiro atoms. The van der Waals surface area contributed by atoms with E-state index in [0.717, 1.165) is 10.6 Å². The minimum absolute atomic E-state index is 0.440. The highest BCUT2D eigenvalue weighted by molar-refractivity contribution is 7.13. The fourth-order valence-electron chi connectivity index (χ4n) is 1.50. The van der Waals surface area contributed by atoms with Crippen LogP contribution < -0.4 is 5.32 Å². The molecule has 4 nitrogen and oxygen atoms in total. The number of hydrogen-bond acceptors (Lipinski definition) is 4. The molecule has 1 amide bonds. The Kier molecular flexibility index (Phi) is 4.76. The number of amides is 1. The van der Waals surface area contributed by atoms with Crippen molar-refractivity contribution in [3.8, 4) is 10.6 Å². The Labute approximate surface area is 137 Å². The van der Waals surface area contributed by atoms with Gasteiger partial charge in [0.2, 0.25) is 0 Å². The highest BCUT2D eigenvalue weighted by atomic mass is 35.5. The summed E-state index contributed by atoms with van der Waals surface area (Å²) in [6, 6.07) is 5.27. The van der Waals surface area contributed by atoms with Gasteiger partial charge < -0.3 is 4.74 Å². The van der Waals surface area contributed by atoms with Crippen LogP contribution in [0.3, 0.4) is 0 Å². The van der Waals surface area contributed by atoms with Gasteiger partial charge in [0.15, 0.2) is 0 Å². The van der Waals surface area contributed by atoms with Crippen LogP contribution in [-0.2, 0) is 4.74 Å². The molecule has 0 atom stereocenters. The monoisotopic (exact) mass is 344 g/mol. The van der Waals surface area contributed by atoms with Crippen LogP contribution in [0.4, 0.5) is 10.6 Å². The second-order valence-corrected chi connectivity index (χ2v) is 6.97. The molecule has 7 heteroatoms. The fraction of sp³-hybridized carbons (Fsp3) is 0.286. The van der Waals surface area contributed by atoms with E-state index in [1.165, 1.54) is 11.3 Å². The van der Waals surface area contributed by atoms with E-state index in [9.17, 15) is 4.79 Å². The normalized spacial score (nSPS) is 11.3. The standard InChI is InChI=1S/C14H14Cl2N2O2S/c1-14(2,3)20-13(19)18-11-7-21-12(17-11)8-4-5-9(15)10(16)6-8/h4-7H,1-3H3,(H,18,19). The number of nitrogens with one attached hydrogen (secondary N) is 1. The number of carbonyl (C=O) groups excluding carboxylic acids is 1. The van der Waals surface area contributed by atoms with Crippen LogP contribution in [0, 0.1) is 0 Å². The van der Waals surface area contributed by atoms with Crippen molar-refractivity contribution in [3.05, 3.63) is 33.6 Å². The van der Waals surface area contributed by atoms with Crippen LogP contribution in [0.25, 0.3) is 10.6 Å². The van der Waals surface area contributed by atoms with Gasteiger partial charge in [-0.3, -0.25) is 5.32 Å². The first-order valence-corrected chi connectivity index (χ1v) is 7.79. The molecule has 1 heterocycles. The van der Waals surface area contributed by atoms with Crippen molar-refractivity contribution < 1.29 is 9.53 Å². The zero-order valence-corrected chi connectivity index (χ0v) is 14.1. The van der Waals surface area contributed by atoms with Crippen molar-refractivity contribution in [1.29, 1.82) is 0 Å². The number of carbonyl (C=O) groups is 1. The maximum Gasteiger partial charge on any atom is 0.413 e. The van der Waals surface area contributed by atoms with Crippen molar-refractivity contribution in [2.45, 2.75) is 26.4 Å². The van der Waals surface area contributed by atoms with E-state index in [2.05, 4.69) is 10.3 Å². The average molecular weight is 345 g/mol. The Hall–Kier alpha value is -1.30. The third kappa shape index (κ3) is 4.59. The molecule has 2 aromatic rings. The number of anilines is 1. The lowest BCUT2D eigenvalue weighted by Crippen LogP contribution is -2.27. The van der Waals surface area contributed by atoms with E-state index in [1.807, 2.05) is 6.07 Å². The summed E-state index contributed by atoms with van der Waals surface area (Å²) in [5, 5.41) is 6.02. The highest BCUT2D eigenvalue weighted by Gasteiger charge is 2.17. The first-order valence-electron chi connectivity index (χ1n) is 6.15. The molecule has 0 unspecified atom stereocenters. The van der Waals surface area contributed by atoms with Gasteiger partial charge >= 0.3 is 6.09 Å². The van der Waals surface area contributed by atoms with Crippen LogP contribution in [-0.4, -0.2) is 16.7 Å². The molecule has 0 aliphatic heterocycles. The molecule has 2 rings (SSSR count). The molecular formula is C14H14Cl2N2O2S. The second kappa shape index (κ2) is 6.22. The number of ether oxygens (including phenoxy) is 1. The molecule has 0 fully saturated rings. The lowest BCUT2D eigenvalue weighted by Gasteiger charge is -2.19. The summed E-state index contributed by atoms with van der Waals surface area (Å²) in [6.07, 6.45) is -0.534. The molecule has 0 aliphatic carbocycles. The Morgan fingerprint density at radius 1 is 1.29 bits per heavy atom. The second-order valence-electron chi connectivity index (χ2n) is 5.29. The van der Waals surface area contributed by atoms with E-state index in [0.29, 0.717) is 15.9 Å². The maximum atomic E-state index is 11.7. The summed E-state index contributed by atoms with van der Waals surface area (Å²) in [4.78, 5) is 16.0. The number of hydrogen-bond donors (Lipinski definition) is 1. The largest absolute Gasteiger partial charge is 0.444 e. The summed E-state index contributed by atoms with van der Waals surface area (Å²) >= 11 is 13.3. The van der Waals surface area contributed by atoms with Crippen molar-refractivity contribution in [1.82, 2.24) is 4.98 Å². The summed E-state index contributed by atoms with van der Waals surface area (Å²) < 4.78 is 5.17. The number of rotatable bonds is 2. The Morgan fingerprint density at radius 2 is 2.00 bits per heavy atom. The van der Waals surface area contributed by atoms with Crippen LogP contribution >= 0.6 is 34.5 Å². The number of thiazole rings is 1. The van der Waals surface area contributed by atoms with Gasteiger partial charge in [0.05, 0.1) is 10.0 Å². The van der Waals surface area contributed by atoms with Gasteiger partial charge in [-0.1, -0.05) is 29.3 Å². The number of nitrogens with zero attached hydrogens (tertiary/aromatic N) is 1. The smallest absolute Gasteiger partial charge is 0.413 e. The first kappa shape index (κ1) is 16.1. The van der Waals surface area contributed by atoms with E-state index >= 15 is 0 Å². The van der Waals surface area contributed by atoms with Gasteiger partial charge in [-0.05, 0) is 32.9 Å². The van der Waals surface area contributed by atoms with Gasteiger partial charge in [0.1, 0.15) is 16.4 Å². The predicted octanol–water partition coefficient (Wildman–Crippen LogP) is 5.46. The van der Waals surface area contributed by atoms with Crippen molar-refractivity contribution in [2.75, 3.05) is 5.32 Å². The lowest BCUT2D eigenvalue weighted by molar-refractivity contribution is 0.0635. The van der Waals surface area contributed by atoms with Gasteiger partial charge in [-0.25, -0.2) is 9.78 Å². The predicted molar refractivity (Wildman–Crippen MR) is 87.4 cm³/mol. The minimum Gasteiger partial charge on any atom is -0.444 e.